The van der Waals surface area contributed by atoms with Crippen molar-refractivity contribution >= 4 is 33.0 Å². The van der Waals surface area contributed by atoms with Crippen LogP contribution >= 0.6 is 0 Å². The van der Waals surface area contributed by atoms with Crippen molar-refractivity contribution in [2.75, 3.05) is 30.0 Å². The smallest absolute Gasteiger partial charge is 0.271 e. The monoisotopic (exact) mass is 379 g/mol. The molecule has 0 atom stereocenters. The fraction of sp³-hybridized carbons (Fsp3) is 0.188. The van der Waals surface area contributed by atoms with Gasteiger partial charge in [0.25, 0.3) is 11.6 Å². The first-order valence-electron chi connectivity index (χ1n) is 7.31. The summed E-state index contributed by atoms with van der Waals surface area (Å²) in [7, 11) is -0.732. The van der Waals surface area contributed by atoms with Gasteiger partial charge in [0, 0.05) is 24.7 Å². The number of non-ortho nitro benzene ring substituents is 1. The van der Waals surface area contributed by atoms with Gasteiger partial charge in [-0.3, -0.25) is 19.2 Å². The third kappa shape index (κ3) is 4.28. The van der Waals surface area contributed by atoms with Gasteiger partial charge in [-0.1, -0.05) is 6.07 Å². The molecule has 0 radical (unpaired) electrons. The number of nitrogens with one attached hydrogen (secondary N) is 1. The summed E-state index contributed by atoms with van der Waals surface area (Å²) in [5, 5.41) is 13.5. The minimum atomic E-state index is -3.48. The minimum absolute atomic E-state index is 0.133. The quantitative estimate of drug-likeness (QED) is 0.607. The van der Waals surface area contributed by atoms with E-state index in [4.69, 9.17) is 4.74 Å². The van der Waals surface area contributed by atoms with Crippen LogP contribution in [0.3, 0.4) is 0 Å². The number of carbonyl (C=O) groups excluding carboxylic acids is 1. The highest BCUT2D eigenvalue weighted by molar-refractivity contribution is 7.92. The van der Waals surface area contributed by atoms with E-state index in [1.165, 1.54) is 50.6 Å². The molecule has 0 spiro atoms. The largest absolute Gasteiger partial charge is 0.495 e. The molecule has 1 amide bonds. The van der Waals surface area contributed by atoms with Crippen LogP contribution in [0.4, 0.5) is 17.1 Å². The Morgan fingerprint density at radius 2 is 1.92 bits per heavy atom. The maximum Gasteiger partial charge on any atom is 0.271 e. The summed E-state index contributed by atoms with van der Waals surface area (Å²) in [6.07, 6.45) is 1.05. The molecule has 1 N–H and O–H groups in total. The highest BCUT2D eigenvalue weighted by atomic mass is 32.2. The Kier molecular flexibility index (Phi) is 5.46. The number of hydrogen-bond acceptors (Lipinski definition) is 6. The standard InChI is InChI=1S/C16H17N3O6S/c1-18(26(3,23)24)12-6-4-5-11(9-12)16(20)17-14-10-13(19(21)22)7-8-15(14)25-2/h4-10H,1-3H3,(H,17,20). The topological polar surface area (TPSA) is 119 Å². The molecule has 26 heavy (non-hydrogen) atoms. The lowest BCUT2D eigenvalue weighted by molar-refractivity contribution is -0.384. The number of ether oxygens (including phenoxy) is 1. The molecular weight excluding hydrogens is 362 g/mol. The van der Waals surface area contributed by atoms with Crippen molar-refractivity contribution in [2.45, 2.75) is 0 Å². The van der Waals surface area contributed by atoms with Crippen molar-refractivity contribution < 1.29 is 22.9 Å². The van der Waals surface area contributed by atoms with E-state index in [9.17, 15) is 23.3 Å². The molecule has 2 aromatic rings. The van der Waals surface area contributed by atoms with Crippen LogP contribution in [0, 0.1) is 10.1 Å². The summed E-state index contributed by atoms with van der Waals surface area (Å²) in [5.41, 5.74) is 0.429. The fourth-order valence-electron chi connectivity index (χ4n) is 2.14. The maximum atomic E-state index is 12.5. The zero-order chi connectivity index (χ0) is 19.5. The molecule has 2 rings (SSSR count). The summed E-state index contributed by atoms with van der Waals surface area (Å²) < 4.78 is 29.4. The van der Waals surface area contributed by atoms with Crippen LogP contribution in [0.25, 0.3) is 0 Å². The average Bonchev–Trinajstić information content (AvgIpc) is 2.60. The van der Waals surface area contributed by atoms with Gasteiger partial charge in [0.05, 0.1) is 29.7 Å². The number of carbonyl (C=O) groups is 1. The zero-order valence-electron chi connectivity index (χ0n) is 14.3. The lowest BCUT2D eigenvalue weighted by atomic mass is 10.1. The van der Waals surface area contributed by atoms with E-state index >= 15 is 0 Å². The van der Waals surface area contributed by atoms with Gasteiger partial charge in [-0.2, -0.15) is 0 Å². The number of nitro groups is 1. The molecule has 10 heteroatoms. The fourth-order valence-corrected chi connectivity index (χ4v) is 2.63. The Morgan fingerprint density at radius 3 is 2.50 bits per heavy atom. The van der Waals surface area contributed by atoms with E-state index in [2.05, 4.69) is 5.32 Å². The van der Waals surface area contributed by atoms with Gasteiger partial charge >= 0.3 is 0 Å². The Balaban J connectivity index is 2.34. The van der Waals surface area contributed by atoms with E-state index in [0.717, 1.165) is 10.6 Å². The highest BCUT2D eigenvalue weighted by Crippen LogP contribution is 2.29. The van der Waals surface area contributed by atoms with E-state index in [0.29, 0.717) is 5.69 Å². The van der Waals surface area contributed by atoms with Crippen LogP contribution in [0.1, 0.15) is 10.4 Å². The number of methoxy groups -OCH3 is 1. The molecule has 138 valence electrons. The molecule has 0 aromatic heterocycles. The first-order chi connectivity index (χ1) is 12.1. The molecular formula is C16H17N3O6S. The first-order valence-corrected chi connectivity index (χ1v) is 9.16. The van der Waals surface area contributed by atoms with Gasteiger partial charge in [0.2, 0.25) is 10.0 Å². The molecule has 0 aliphatic rings. The maximum absolute atomic E-state index is 12.5. The van der Waals surface area contributed by atoms with Crippen LogP contribution < -0.4 is 14.4 Å². The van der Waals surface area contributed by atoms with Gasteiger partial charge in [0.1, 0.15) is 5.75 Å². The zero-order valence-corrected chi connectivity index (χ0v) is 15.1. The SMILES string of the molecule is COc1ccc([N+](=O)[O-])cc1NC(=O)c1cccc(N(C)S(C)(=O)=O)c1. The van der Waals surface area contributed by atoms with Crippen molar-refractivity contribution in [2.24, 2.45) is 0 Å². The summed E-state index contributed by atoms with van der Waals surface area (Å²) >= 11 is 0. The highest BCUT2D eigenvalue weighted by Gasteiger charge is 2.17. The van der Waals surface area contributed by atoms with E-state index in [1.54, 1.807) is 6.07 Å². The predicted molar refractivity (Wildman–Crippen MR) is 97.3 cm³/mol. The molecule has 0 saturated carbocycles. The second-order valence-electron chi connectivity index (χ2n) is 5.38. The molecule has 0 unspecified atom stereocenters. The van der Waals surface area contributed by atoms with Crippen LogP contribution in [-0.4, -0.2) is 39.7 Å². The van der Waals surface area contributed by atoms with E-state index in [1.807, 2.05) is 0 Å². The number of hydrogen-bond donors (Lipinski definition) is 1. The third-order valence-electron chi connectivity index (χ3n) is 3.61. The first kappa shape index (κ1) is 19.2. The number of nitrogens with zero attached hydrogens (tertiary/aromatic N) is 2. The molecule has 0 heterocycles. The van der Waals surface area contributed by atoms with Gasteiger partial charge in [-0.25, -0.2) is 8.42 Å². The second-order valence-corrected chi connectivity index (χ2v) is 7.39. The molecule has 0 bridgehead atoms. The van der Waals surface area contributed by atoms with Crippen LogP contribution in [-0.2, 0) is 10.0 Å². The molecule has 9 nitrogen and oxygen atoms in total. The second kappa shape index (κ2) is 7.40. The molecule has 0 fully saturated rings. The van der Waals surface area contributed by atoms with Crippen molar-refractivity contribution in [3.05, 3.63) is 58.1 Å². The number of anilines is 2. The predicted octanol–water partition coefficient (Wildman–Crippen LogP) is 2.25. The summed E-state index contributed by atoms with van der Waals surface area (Å²) in [6.45, 7) is 0. The lowest BCUT2D eigenvalue weighted by Gasteiger charge is -2.17. The number of benzene rings is 2. The normalized spacial score (nSPS) is 10.9. The van der Waals surface area contributed by atoms with Crippen molar-refractivity contribution in [1.82, 2.24) is 0 Å². The molecule has 0 saturated heterocycles. The van der Waals surface area contributed by atoms with Crippen molar-refractivity contribution in [3.63, 3.8) is 0 Å². The van der Waals surface area contributed by atoms with E-state index in [-0.39, 0.29) is 22.7 Å². The van der Waals surface area contributed by atoms with Gasteiger partial charge in [0.15, 0.2) is 0 Å². The van der Waals surface area contributed by atoms with Gasteiger partial charge in [-0.15, -0.1) is 0 Å². The van der Waals surface area contributed by atoms with Crippen LogP contribution in [0.2, 0.25) is 0 Å². The van der Waals surface area contributed by atoms with E-state index < -0.39 is 20.9 Å². The lowest BCUT2D eigenvalue weighted by Crippen LogP contribution is -2.25. The molecule has 2 aromatic carbocycles. The Morgan fingerprint density at radius 1 is 1.23 bits per heavy atom. The number of amides is 1. The van der Waals surface area contributed by atoms with Gasteiger partial charge < -0.3 is 10.1 Å². The molecule has 0 aliphatic carbocycles. The number of nitro benzene ring substituents is 1. The molecule has 0 aliphatic heterocycles. The summed E-state index contributed by atoms with van der Waals surface area (Å²) in [5.74, 6) is -0.305. The van der Waals surface area contributed by atoms with Crippen molar-refractivity contribution in [1.29, 1.82) is 0 Å². The van der Waals surface area contributed by atoms with Gasteiger partial charge in [-0.05, 0) is 24.3 Å². The van der Waals surface area contributed by atoms with Crippen molar-refractivity contribution in [3.8, 4) is 5.75 Å². The number of sulfonamides is 1. The minimum Gasteiger partial charge on any atom is -0.495 e. The summed E-state index contributed by atoms with van der Waals surface area (Å²) in [6, 6.07) is 9.81. The summed E-state index contributed by atoms with van der Waals surface area (Å²) in [4.78, 5) is 22.8. The number of rotatable bonds is 6. The Bertz CT molecular complexity index is 958. The van der Waals surface area contributed by atoms with Crippen LogP contribution in [0.5, 0.6) is 5.75 Å². The Labute approximate surface area is 150 Å². The van der Waals surface area contributed by atoms with Crippen LogP contribution in [0.15, 0.2) is 42.5 Å². The third-order valence-corrected chi connectivity index (χ3v) is 4.82. The Hall–Kier alpha value is -3.14. The average molecular weight is 379 g/mol.